The van der Waals surface area contributed by atoms with Gasteiger partial charge in [-0.05, 0) is 60.4 Å². The average Bonchev–Trinajstić information content (AvgIpc) is 3.20. The summed E-state index contributed by atoms with van der Waals surface area (Å²) in [6.07, 6.45) is 4.17. The van der Waals surface area contributed by atoms with Crippen molar-refractivity contribution in [1.82, 2.24) is 10.2 Å². The van der Waals surface area contributed by atoms with E-state index >= 15 is 0 Å². The molecule has 1 aliphatic rings. The van der Waals surface area contributed by atoms with Crippen LogP contribution in [0.25, 0.3) is 0 Å². The highest BCUT2D eigenvalue weighted by Crippen LogP contribution is 2.28. The Balaban J connectivity index is 2.75. The number of ether oxygens (including phenoxy) is 1. The van der Waals surface area contributed by atoms with Crippen LogP contribution in [0.1, 0.15) is 60.3 Å². The number of carbonyl (C=O) groups excluding carboxylic acids is 1. The van der Waals surface area contributed by atoms with E-state index in [4.69, 9.17) is 4.74 Å². The normalized spacial score (nSPS) is 20.6. The van der Waals surface area contributed by atoms with E-state index in [0.29, 0.717) is 12.1 Å². The van der Waals surface area contributed by atoms with Crippen molar-refractivity contribution in [2.75, 3.05) is 14.2 Å². The van der Waals surface area contributed by atoms with Crippen LogP contribution >= 0.6 is 0 Å². The number of carbonyl (C=O) groups is 1. The van der Waals surface area contributed by atoms with Gasteiger partial charge in [-0.15, -0.1) is 0 Å². The summed E-state index contributed by atoms with van der Waals surface area (Å²) in [5, 5.41) is 3.47. The van der Waals surface area contributed by atoms with Crippen molar-refractivity contribution >= 4 is 5.97 Å². The Labute approximate surface area is 124 Å². The molecular weight excluding hydrogens is 252 g/mol. The summed E-state index contributed by atoms with van der Waals surface area (Å²) in [6.45, 7) is 10.8. The van der Waals surface area contributed by atoms with E-state index in [1.165, 1.54) is 7.11 Å². The Morgan fingerprint density at radius 2 is 1.95 bits per heavy atom. The van der Waals surface area contributed by atoms with Crippen LogP contribution in [0.3, 0.4) is 0 Å². The van der Waals surface area contributed by atoms with Crippen molar-refractivity contribution in [1.29, 1.82) is 0 Å². The molecule has 2 unspecified atom stereocenters. The number of hydrogen-bond donors (Lipinski definition) is 1. The fourth-order valence-corrected chi connectivity index (χ4v) is 2.68. The molecule has 0 aromatic carbocycles. The van der Waals surface area contributed by atoms with Gasteiger partial charge in [-0.2, -0.15) is 0 Å². The van der Waals surface area contributed by atoms with Crippen molar-refractivity contribution in [2.45, 2.75) is 83.5 Å². The first-order valence-corrected chi connectivity index (χ1v) is 7.75. The zero-order valence-electron chi connectivity index (χ0n) is 14.2. The molecule has 1 aliphatic carbocycles. The molecule has 0 bridgehead atoms. The summed E-state index contributed by atoms with van der Waals surface area (Å²) in [4.78, 5) is 14.5. The van der Waals surface area contributed by atoms with Crippen molar-refractivity contribution < 1.29 is 9.53 Å². The van der Waals surface area contributed by atoms with Crippen LogP contribution in [-0.2, 0) is 9.53 Å². The molecule has 1 rings (SSSR count). The Bertz CT molecular complexity index is 339. The third kappa shape index (κ3) is 4.19. The summed E-state index contributed by atoms with van der Waals surface area (Å²) < 4.78 is 5.02. The molecule has 1 saturated carbocycles. The lowest BCUT2D eigenvalue weighted by Gasteiger charge is -2.42. The number of esters is 1. The Hall–Kier alpha value is -0.610. The lowest BCUT2D eigenvalue weighted by Crippen LogP contribution is -2.56. The SMILES string of the molecule is CCC(C)(C)N(C)C(C)CC(C)(NC1CC1)C(=O)OC. The number of nitrogens with zero attached hydrogens (tertiary/aromatic N) is 1. The largest absolute Gasteiger partial charge is 0.468 e. The van der Waals surface area contributed by atoms with E-state index in [-0.39, 0.29) is 11.5 Å². The highest BCUT2D eigenvalue weighted by Gasteiger charge is 2.42. The molecule has 0 heterocycles. The van der Waals surface area contributed by atoms with Crippen molar-refractivity contribution in [3.63, 3.8) is 0 Å². The zero-order valence-corrected chi connectivity index (χ0v) is 14.2. The Kier molecular flexibility index (Phi) is 5.61. The minimum Gasteiger partial charge on any atom is -0.468 e. The Morgan fingerprint density at radius 1 is 1.40 bits per heavy atom. The maximum Gasteiger partial charge on any atom is 0.325 e. The van der Waals surface area contributed by atoms with Gasteiger partial charge >= 0.3 is 5.97 Å². The first-order chi connectivity index (χ1) is 9.16. The smallest absolute Gasteiger partial charge is 0.325 e. The number of methoxy groups -OCH3 is 1. The van der Waals surface area contributed by atoms with Crippen molar-refractivity contribution in [3.05, 3.63) is 0 Å². The second-order valence-electron chi connectivity index (χ2n) is 7.07. The van der Waals surface area contributed by atoms with E-state index in [1.807, 2.05) is 6.92 Å². The lowest BCUT2D eigenvalue weighted by molar-refractivity contribution is -0.149. The van der Waals surface area contributed by atoms with Gasteiger partial charge in [0.2, 0.25) is 0 Å². The second-order valence-corrected chi connectivity index (χ2v) is 7.07. The standard InChI is InChI=1S/C16H32N2O2/c1-8-15(3,4)18(6)12(2)11-16(5,14(19)20-7)17-13-9-10-13/h12-13,17H,8-11H2,1-7H3. The monoisotopic (exact) mass is 284 g/mol. The highest BCUT2D eigenvalue weighted by atomic mass is 16.5. The molecule has 1 N–H and O–H groups in total. The summed E-state index contributed by atoms with van der Waals surface area (Å²) in [7, 11) is 3.61. The van der Waals surface area contributed by atoms with Crippen LogP contribution < -0.4 is 5.32 Å². The molecule has 0 saturated heterocycles. The average molecular weight is 284 g/mol. The summed E-state index contributed by atoms with van der Waals surface area (Å²) in [5.41, 5.74) is -0.455. The molecule has 118 valence electrons. The fourth-order valence-electron chi connectivity index (χ4n) is 2.68. The van der Waals surface area contributed by atoms with E-state index in [1.54, 1.807) is 0 Å². The minimum absolute atomic E-state index is 0.135. The maximum absolute atomic E-state index is 12.2. The molecule has 1 fully saturated rings. The molecular formula is C16H32N2O2. The summed E-state index contributed by atoms with van der Waals surface area (Å²) in [5.74, 6) is -0.154. The van der Waals surface area contributed by atoms with Crippen LogP contribution in [0.4, 0.5) is 0 Å². The molecule has 0 aliphatic heterocycles. The van der Waals surface area contributed by atoms with Gasteiger partial charge < -0.3 is 4.74 Å². The zero-order chi connectivity index (χ0) is 15.6. The Morgan fingerprint density at radius 3 is 2.35 bits per heavy atom. The lowest BCUT2D eigenvalue weighted by atomic mass is 9.89. The van der Waals surface area contributed by atoms with E-state index in [2.05, 4.69) is 45.0 Å². The third-order valence-electron chi connectivity index (χ3n) is 4.92. The third-order valence-corrected chi connectivity index (χ3v) is 4.92. The molecule has 0 spiro atoms. The molecule has 0 aromatic rings. The first kappa shape index (κ1) is 17.4. The molecule has 0 radical (unpaired) electrons. The predicted octanol–water partition coefficient (Wildman–Crippen LogP) is 2.57. The quantitative estimate of drug-likeness (QED) is 0.696. The fraction of sp³-hybridized carbons (Fsp3) is 0.938. The van der Waals surface area contributed by atoms with Crippen LogP contribution in [0, 0.1) is 0 Å². The van der Waals surface area contributed by atoms with E-state index in [0.717, 1.165) is 25.7 Å². The molecule has 20 heavy (non-hydrogen) atoms. The van der Waals surface area contributed by atoms with Gasteiger partial charge in [0.15, 0.2) is 0 Å². The van der Waals surface area contributed by atoms with Crippen molar-refractivity contribution in [3.8, 4) is 0 Å². The number of rotatable bonds is 8. The van der Waals surface area contributed by atoms with Gasteiger partial charge in [-0.3, -0.25) is 15.0 Å². The van der Waals surface area contributed by atoms with Crippen molar-refractivity contribution in [2.24, 2.45) is 0 Å². The van der Waals surface area contributed by atoms with Gasteiger partial charge in [-0.25, -0.2) is 0 Å². The van der Waals surface area contributed by atoms with E-state index < -0.39 is 5.54 Å². The van der Waals surface area contributed by atoms with Crippen LogP contribution in [0.5, 0.6) is 0 Å². The topological polar surface area (TPSA) is 41.6 Å². The molecule has 4 heteroatoms. The molecule has 4 nitrogen and oxygen atoms in total. The molecule has 0 aromatic heterocycles. The first-order valence-electron chi connectivity index (χ1n) is 7.75. The van der Waals surface area contributed by atoms with Gasteiger partial charge in [0.1, 0.15) is 5.54 Å². The van der Waals surface area contributed by atoms with Gasteiger partial charge in [0.25, 0.3) is 0 Å². The molecule has 0 amide bonds. The van der Waals surface area contributed by atoms with Gasteiger partial charge in [0, 0.05) is 17.6 Å². The highest BCUT2D eigenvalue weighted by molar-refractivity contribution is 5.80. The van der Waals surface area contributed by atoms with Crippen LogP contribution in [-0.4, -0.2) is 48.2 Å². The number of nitrogens with one attached hydrogen (secondary N) is 1. The van der Waals surface area contributed by atoms with Crippen LogP contribution in [0.15, 0.2) is 0 Å². The predicted molar refractivity (Wildman–Crippen MR) is 82.8 cm³/mol. The summed E-state index contributed by atoms with van der Waals surface area (Å²) >= 11 is 0. The van der Waals surface area contributed by atoms with Gasteiger partial charge in [0.05, 0.1) is 7.11 Å². The van der Waals surface area contributed by atoms with Crippen LogP contribution in [0.2, 0.25) is 0 Å². The minimum atomic E-state index is -0.590. The number of hydrogen-bond acceptors (Lipinski definition) is 4. The maximum atomic E-state index is 12.2. The summed E-state index contributed by atoms with van der Waals surface area (Å²) in [6, 6.07) is 0.788. The van der Waals surface area contributed by atoms with E-state index in [9.17, 15) is 4.79 Å². The van der Waals surface area contributed by atoms with Gasteiger partial charge in [-0.1, -0.05) is 6.92 Å². The molecule has 2 atom stereocenters. The second kappa shape index (κ2) is 6.44.